The number of hydrogen-bond donors (Lipinski definition) is 0. The van der Waals surface area contributed by atoms with Crippen LogP contribution in [-0.4, -0.2) is 18.3 Å². The van der Waals surface area contributed by atoms with Crippen LogP contribution in [0.15, 0.2) is 0 Å². The molecule has 0 aromatic carbocycles. The molecule has 0 unspecified atom stereocenters. The highest BCUT2D eigenvalue weighted by Gasteiger charge is 2.04. The molecular formula is C6H12ClNS. The lowest BCUT2D eigenvalue weighted by Gasteiger charge is -2.20. The van der Waals surface area contributed by atoms with Crippen LogP contribution in [0.25, 0.3) is 0 Å². The van der Waals surface area contributed by atoms with Gasteiger partial charge in [0.15, 0.2) is 0 Å². The van der Waals surface area contributed by atoms with Gasteiger partial charge in [0.05, 0.1) is 6.07 Å². The Bertz CT molecular complexity index is 111. The summed E-state index contributed by atoms with van der Waals surface area (Å²) in [5.41, 5.74) is 0. The molecule has 0 N–H and O–H groups in total. The zero-order valence-electron chi connectivity index (χ0n) is 5.85. The van der Waals surface area contributed by atoms with Crippen molar-refractivity contribution < 1.29 is 0 Å². The molecule has 0 aromatic heterocycles. The van der Waals surface area contributed by atoms with Crippen molar-refractivity contribution in [1.29, 1.82) is 5.26 Å². The predicted molar refractivity (Wildman–Crippen MR) is 45.0 cm³/mol. The first kappa shape index (κ1) is 9.13. The van der Waals surface area contributed by atoms with Crippen LogP contribution in [0.1, 0.15) is 12.8 Å². The van der Waals surface area contributed by atoms with E-state index in [0.29, 0.717) is 6.42 Å². The standard InChI is InChI=1S/C6H12ClNS/c1-9(2,7)6-4-3-5-8/h3-4,6H2,1-2H3. The first-order valence-electron chi connectivity index (χ1n) is 2.84. The summed E-state index contributed by atoms with van der Waals surface area (Å²) in [6.07, 6.45) is 5.68. The third-order valence-electron chi connectivity index (χ3n) is 0.918. The van der Waals surface area contributed by atoms with Crippen molar-refractivity contribution in [3.05, 3.63) is 0 Å². The van der Waals surface area contributed by atoms with Gasteiger partial charge in [-0.1, -0.05) is 10.7 Å². The van der Waals surface area contributed by atoms with Crippen LogP contribution in [0.2, 0.25) is 0 Å². The highest BCUT2D eigenvalue weighted by atomic mass is 35.7. The summed E-state index contributed by atoms with van der Waals surface area (Å²) in [6, 6.07) is 2.09. The first-order chi connectivity index (χ1) is 4.06. The van der Waals surface area contributed by atoms with Crippen molar-refractivity contribution in [3.8, 4) is 6.07 Å². The average molecular weight is 166 g/mol. The van der Waals surface area contributed by atoms with E-state index in [9.17, 15) is 0 Å². The molecular weight excluding hydrogens is 154 g/mol. The van der Waals surface area contributed by atoms with Gasteiger partial charge in [-0.15, -0.1) is 0 Å². The topological polar surface area (TPSA) is 23.8 Å². The SMILES string of the molecule is CS(C)(Cl)CCCC#N. The lowest BCUT2D eigenvalue weighted by molar-refractivity contribution is 0.979. The minimum Gasteiger partial charge on any atom is -0.198 e. The zero-order chi connectivity index (χ0) is 7.33. The maximum absolute atomic E-state index is 8.18. The van der Waals surface area contributed by atoms with Gasteiger partial charge in [0.2, 0.25) is 0 Å². The Morgan fingerprint density at radius 1 is 1.56 bits per heavy atom. The molecule has 0 atom stereocenters. The maximum Gasteiger partial charge on any atom is 0.0622 e. The Morgan fingerprint density at radius 3 is 2.44 bits per heavy atom. The van der Waals surface area contributed by atoms with E-state index in [2.05, 4.69) is 6.07 Å². The van der Waals surface area contributed by atoms with E-state index < -0.39 is 9.24 Å². The Hall–Kier alpha value is 0.130. The van der Waals surface area contributed by atoms with Crippen molar-refractivity contribution >= 4 is 19.9 Å². The second-order valence-electron chi connectivity index (χ2n) is 2.37. The molecule has 0 saturated heterocycles. The Morgan fingerprint density at radius 2 is 2.11 bits per heavy atom. The predicted octanol–water partition coefficient (Wildman–Crippen LogP) is 2.51. The fraction of sp³-hybridized carbons (Fsp3) is 0.833. The molecule has 0 spiro atoms. The number of rotatable bonds is 3. The Labute approximate surface area is 62.8 Å². The third kappa shape index (κ3) is 8.13. The van der Waals surface area contributed by atoms with E-state index in [0.717, 1.165) is 12.2 Å². The van der Waals surface area contributed by atoms with Gasteiger partial charge in [0.25, 0.3) is 0 Å². The molecule has 0 amide bonds. The maximum atomic E-state index is 8.18. The van der Waals surface area contributed by atoms with Crippen LogP contribution in [-0.2, 0) is 0 Å². The van der Waals surface area contributed by atoms with E-state index in [4.69, 9.17) is 15.9 Å². The summed E-state index contributed by atoms with van der Waals surface area (Å²) in [5.74, 6) is 1.00. The highest BCUT2D eigenvalue weighted by Crippen LogP contribution is 2.45. The summed E-state index contributed by atoms with van der Waals surface area (Å²) >= 11 is 0. The van der Waals surface area contributed by atoms with Gasteiger partial charge in [-0.2, -0.15) is 14.5 Å². The van der Waals surface area contributed by atoms with Crippen LogP contribution in [0, 0.1) is 11.3 Å². The van der Waals surface area contributed by atoms with Gasteiger partial charge in [0.1, 0.15) is 0 Å². The molecule has 3 heteroatoms. The van der Waals surface area contributed by atoms with E-state index in [1.807, 2.05) is 12.5 Å². The quantitative estimate of drug-likeness (QED) is 0.590. The second-order valence-corrected chi connectivity index (χ2v) is 8.09. The number of unbranched alkanes of at least 4 members (excludes halogenated alkanes) is 1. The lowest BCUT2D eigenvalue weighted by atomic mass is 10.4. The Kier molecular flexibility index (Phi) is 4.09. The van der Waals surface area contributed by atoms with Gasteiger partial charge in [-0.05, 0) is 24.7 Å². The van der Waals surface area contributed by atoms with Gasteiger partial charge in [0, 0.05) is 6.42 Å². The zero-order valence-corrected chi connectivity index (χ0v) is 7.43. The molecule has 54 valence electrons. The highest BCUT2D eigenvalue weighted by molar-refractivity contribution is 8.50. The average Bonchev–Trinajstić information content (AvgIpc) is 1.63. The number of nitriles is 1. The van der Waals surface area contributed by atoms with E-state index in [1.54, 1.807) is 0 Å². The van der Waals surface area contributed by atoms with Crippen molar-refractivity contribution in [1.82, 2.24) is 0 Å². The van der Waals surface area contributed by atoms with E-state index in [-0.39, 0.29) is 0 Å². The molecule has 0 heterocycles. The van der Waals surface area contributed by atoms with Crippen LogP contribution in [0.3, 0.4) is 0 Å². The van der Waals surface area contributed by atoms with Crippen molar-refractivity contribution in [2.45, 2.75) is 12.8 Å². The summed E-state index contributed by atoms with van der Waals surface area (Å²) in [7, 11) is 5.07. The fourth-order valence-electron chi connectivity index (χ4n) is 0.494. The third-order valence-corrected chi connectivity index (χ3v) is 2.64. The molecule has 0 radical (unpaired) electrons. The smallest absolute Gasteiger partial charge is 0.0622 e. The minimum atomic E-state index is -0.875. The number of hydrogen-bond acceptors (Lipinski definition) is 1. The van der Waals surface area contributed by atoms with Gasteiger partial charge in [-0.25, -0.2) is 0 Å². The molecule has 1 nitrogen and oxygen atoms in total. The largest absolute Gasteiger partial charge is 0.198 e. The van der Waals surface area contributed by atoms with Crippen molar-refractivity contribution in [2.75, 3.05) is 18.3 Å². The van der Waals surface area contributed by atoms with Crippen LogP contribution in [0.4, 0.5) is 0 Å². The molecule has 0 aliphatic rings. The first-order valence-corrected chi connectivity index (χ1v) is 6.28. The summed E-state index contributed by atoms with van der Waals surface area (Å²) in [4.78, 5) is 0. The summed E-state index contributed by atoms with van der Waals surface area (Å²) in [6.45, 7) is 0. The molecule has 0 saturated carbocycles. The molecule has 0 fully saturated rings. The molecule has 0 bridgehead atoms. The second kappa shape index (κ2) is 4.03. The molecule has 0 aliphatic heterocycles. The minimum absolute atomic E-state index is 0.642. The fourth-order valence-corrected chi connectivity index (χ4v) is 1.65. The number of halogens is 1. The normalized spacial score (nSPS) is 12.7. The molecule has 9 heavy (non-hydrogen) atoms. The van der Waals surface area contributed by atoms with Gasteiger partial charge < -0.3 is 0 Å². The molecule has 0 aliphatic carbocycles. The van der Waals surface area contributed by atoms with Crippen LogP contribution in [0.5, 0.6) is 0 Å². The monoisotopic (exact) mass is 165 g/mol. The van der Waals surface area contributed by atoms with E-state index >= 15 is 0 Å². The van der Waals surface area contributed by atoms with Gasteiger partial charge >= 0.3 is 0 Å². The summed E-state index contributed by atoms with van der Waals surface area (Å²) < 4.78 is 0. The lowest BCUT2D eigenvalue weighted by Crippen LogP contribution is -1.91. The molecule has 0 aromatic rings. The van der Waals surface area contributed by atoms with Crippen LogP contribution >= 0.6 is 19.9 Å². The van der Waals surface area contributed by atoms with E-state index in [1.165, 1.54) is 0 Å². The van der Waals surface area contributed by atoms with Crippen molar-refractivity contribution in [3.63, 3.8) is 0 Å². The van der Waals surface area contributed by atoms with Crippen LogP contribution < -0.4 is 0 Å². The summed E-state index contributed by atoms with van der Waals surface area (Å²) in [5, 5.41) is 8.18. The molecule has 0 rings (SSSR count). The Balaban J connectivity index is 3.20. The van der Waals surface area contributed by atoms with Gasteiger partial charge in [-0.3, -0.25) is 0 Å². The number of nitrogens with zero attached hydrogens (tertiary/aromatic N) is 1. The van der Waals surface area contributed by atoms with Crippen molar-refractivity contribution in [2.24, 2.45) is 0 Å².